The number of hydrogen-bond donors (Lipinski definition) is 1. The molecule has 0 spiro atoms. The Labute approximate surface area is 121 Å². The standard InChI is InChI=1S/C12H16BrFN2O2S/c1-16-6-4-9(5-7-16)15-19(17,18)10-2-3-11(13)12(14)8-10/h2-3,8-9,15H,4-7H2,1H3. The molecule has 1 aliphatic rings. The largest absolute Gasteiger partial charge is 0.306 e. The molecule has 1 heterocycles. The van der Waals surface area contributed by atoms with Gasteiger partial charge in [0.1, 0.15) is 5.82 Å². The molecule has 1 fully saturated rings. The van der Waals surface area contributed by atoms with Crippen LogP contribution in [0.4, 0.5) is 4.39 Å². The summed E-state index contributed by atoms with van der Waals surface area (Å²) in [5.41, 5.74) is 0. The van der Waals surface area contributed by atoms with Gasteiger partial charge in [0.15, 0.2) is 0 Å². The predicted octanol–water partition coefficient (Wildman–Crippen LogP) is 1.96. The van der Waals surface area contributed by atoms with Crippen LogP contribution < -0.4 is 4.72 Å². The second-order valence-corrected chi connectivity index (χ2v) is 7.34. The van der Waals surface area contributed by atoms with Crippen molar-refractivity contribution in [1.29, 1.82) is 0 Å². The van der Waals surface area contributed by atoms with Gasteiger partial charge >= 0.3 is 0 Å². The average Bonchev–Trinajstić information content (AvgIpc) is 2.35. The van der Waals surface area contributed by atoms with E-state index in [0.717, 1.165) is 32.0 Å². The average molecular weight is 351 g/mol. The van der Waals surface area contributed by atoms with Crippen LogP contribution in [-0.2, 0) is 10.0 Å². The summed E-state index contributed by atoms with van der Waals surface area (Å²) in [4.78, 5) is 2.12. The van der Waals surface area contributed by atoms with E-state index >= 15 is 0 Å². The molecule has 1 saturated heterocycles. The Kier molecular flexibility index (Phi) is 4.60. The molecule has 0 bridgehead atoms. The van der Waals surface area contributed by atoms with Crippen molar-refractivity contribution in [2.75, 3.05) is 20.1 Å². The molecule has 0 aromatic heterocycles. The van der Waals surface area contributed by atoms with E-state index in [-0.39, 0.29) is 15.4 Å². The number of rotatable bonds is 3. The predicted molar refractivity (Wildman–Crippen MR) is 74.9 cm³/mol. The van der Waals surface area contributed by atoms with Crippen molar-refractivity contribution in [3.63, 3.8) is 0 Å². The number of halogens is 2. The van der Waals surface area contributed by atoms with Crippen LogP contribution in [0.1, 0.15) is 12.8 Å². The first-order valence-electron chi connectivity index (χ1n) is 6.04. The van der Waals surface area contributed by atoms with Crippen LogP contribution in [0.5, 0.6) is 0 Å². The van der Waals surface area contributed by atoms with Crippen molar-refractivity contribution in [2.24, 2.45) is 0 Å². The lowest BCUT2D eigenvalue weighted by Crippen LogP contribution is -2.43. The van der Waals surface area contributed by atoms with Crippen molar-refractivity contribution in [1.82, 2.24) is 9.62 Å². The summed E-state index contributed by atoms with van der Waals surface area (Å²) < 4.78 is 40.6. The molecule has 106 valence electrons. The van der Waals surface area contributed by atoms with Crippen LogP contribution in [0, 0.1) is 5.82 Å². The van der Waals surface area contributed by atoms with Gasteiger partial charge in [-0.2, -0.15) is 0 Å². The lowest BCUT2D eigenvalue weighted by atomic mass is 10.1. The Bertz CT molecular complexity index is 557. The first kappa shape index (κ1) is 14.9. The fraction of sp³-hybridized carbons (Fsp3) is 0.500. The van der Waals surface area contributed by atoms with Crippen molar-refractivity contribution in [2.45, 2.75) is 23.8 Å². The van der Waals surface area contributed by atoms with Gasteiger partial charge in [0, 0.05) is 6.04 Å². The molecule has 1 aliphatic heterocycles. The second-order valence-electron chi connectivity index (χ2n) is 4.77. The van der Waals surface area contributed by atoms with Gasteiger partial charge in [0.25, 0.3) is 0 Å². The normalized spacial score (nSPS) is 18.7. The molecule has 4 nitrogen and oxygen atoms in total. The molecule has 1 N–H and O–H groups in total. The lowest BCUT2D eigenvalue weighted by molar-refractivity contribution is 0.248. The van der Waals surface area contributed by atoms with Gasteiger partial charge in [-0.25, -0.2) is 17.5 Å². The SMILES string of the molecule is CN1CCC(NS(=O)(=O)c2ccc(Br)c(F)c2)CC1. The summed E-state index contributed by atoms with van der Waals surface area (Å²) in [6.45, 7) is 1.73. The quantitative estimate of drug-likeness (QED) is 0.906. The van der Waals surface area contributed by atoms with Crippen LogP contribution in [0.25, 0.3) is 0 Å². The van der Waals surface area contributed by atoms with E-state index in [1.165, 1.54) is 12.1 Å². The summed E-state index contributed by atoms with van der Waals surface area (Å²) in [5.74, 6) is -0.578. The minimum atomic E-state index is -3.65. The maximum absolute atomic E-state index is 13.4. The highest BCUT2D eigenvalue weighted by Gasteiger charge is 2.23. The van der Waals surface area contributed by atoms with E-state index in [4.69, 9.17) is 0 Å². The first-order valence-corrected chi connectivity index (χ1v) is 8.32. The van der Waals surface area contributed by atoms with Crippen LogP contribution in [-0.4, -0.2) is 39.5 Å². The van der Waals surface area contributed by atoms with Gasteiger partial charge < -0.3 is 4.90 Å². The van der Waals surface area contributed by atoms with E-state index in [2.05, 4.69) is 25.6 Å². The van der Waals surface area contributed by atoms with Crippen molar-refractivity contribution in [3.05, 3.63) is 28.5 Å². The van der Waals surface area contributed by atoms with E-state index in [0.29, 0.717) is 0 Å². The summed E-state index contributed by atoms with van der Waals surface area (Å²) in [5, 5.41) is 0. The maximum atomic E-state index is 13.4. The van der Waals surface area contributed by atoms with Gasteiger partial charge in [-0.05, 0) is 67.1 Å². The van der Waals surface area contributed by atoms with Crippen LogP contribution in [0.3, 0.4) is 0 Å². The Balaban J connectivity index is 2.11. The number of sulfonamides is 1. The van der Waals surface area contributed by atoms with Crippen molar-refractivity contribution in [3.8, 4) is 0 Å². The van der Waals surface area contributed by atoms with Crippen LogP contribution in [0.15, 0.2) is 27.6 Å². The molecule has 0 amide bonds. The van der Waals surface area contributed by atoms with Crippen LogP contribution >= 0.6 is 15.9 Å². The Morgan fingerprint density at radius 2 is 2.00 bits per heavy atom. The third kappa shape index (κ3) is 3.75. The molecule has 1 aromatic rings. The lowest BCUT2D eigenvalue weighted by Gasteiger charge is -2.29. The minimum Gasteiger partial charge on any atom is -0.306 e. The van der Waals surface area contributed by atoms with Gasteiger partial charge in [-0.3, -0.25) is 0 Å². The summed E-state index contributed by atoms with van der Waals surface area (Å²) >= 11 is 3.01. The number of nitrogens with one attached hydrogen (secondary N) is 1. The third-order valence-electron chi connectivity index (χ3n) is 3.24. The topological polar surface area (TPSA) is 49.4 Å². The zero-order valence-corrected chi connectivity index (χ0v) is 13.0. The second kappa shape index (κ2) is 5.87. The number of hydrogen-bond acceptors (Lipinski definition) is 3. The third-order valence-corrected chi connectivity index (χ3v) is 5.40. The van der Waals surface area contributed by atoms with Gasteiger partial charge in [0.05, 0.1) is 9.37 Å². The summed E-state index contributed by atoms with van der Waals surface area (Å²) in [6, 6.07) is 3.75. The molecule has 0 saturated carbocycles. The Hall–Kier alpha value is -0.500. The fourth-order valence-corrected chi connectivity index (χ4v) is 3.62. The number of likely N-dealkylation sites (tertiary alicyclic amines) is 1. The molecule has 19 heavy (non-hydrogen) atoms. The minimum absolute atomic E-state index is 0.0351. The Morgan fingerprint density at radius 3 is 2.58 bits per heavy atom. The summed E-state index contributed by atoms with van der Waals surface area (Å²) in [7, 11) is -1.64. The van der Waals surface area contributed by atoms with Gasteiger partial charge in [-0.1, -0.05) is 0 Å². The molecule has 1 aromatic carbocycles. The Morgan fingerprint density at radius 1 is 1.37 bits per heavy atom. The monoisotopic (exact) mass is 350 g/mol. The van der Waals surface area contributed by atoms with E-state index < -0.39 is 15.8 Å². The van der Waals surface area contributed by atoms with E-state index in [1.54, 1.807) is 0 Å². The number of benzene rings is 1. The maximum Gasteiger partial charge on any atom is 0.240 e. The smallest absolute Gasteiger partial charge is 0.240 e. The highest BCUT2D eigenvalue weighted by atomic mass is 79.9. The van der Waals surface area contributed by atoms with Crippen molar-refractivity contribution < 1.29 is 12.8 Å². The highest BCUT2D eigenvalue weighted by molar-refractivity contribution is 9.10. The van der Waals surface area contributed by atoms with E-state index in [1.807, 2.05) is 7.05 Å². The van der Waals surface area contributed by atoms with Crippen LogP contribution in [0.2, 0.25) is 0 Å². The molecule has 7 heteroatoms. The van der Waals surface area contributed by atoms with E-state index in [9.17, 15) is 12.8 Å². The molecule has 0 unspecified atom stereocenters. The zero-order valence-electron chi connectivity index (χ0n) is 10.6. The molecule has 0 aliphatic carbocycles. The summed E-state index contributed by atoms with van der Waals surface area (Å²) in [6.07, 6.45) is 1.55. The molecule has 2 rings (SSSR count). The van der Waals surface area contributed by atoms with Crippen molar-refractivity contribution >= 4 is 26.0 Å². The first-order chi connectivity index (χ1) is 8.88. The van der Waals surface area contributed by atoms with Gasteiger partial charge in [-0.15, -0.1) is 0 Å². The molecule has 0 atom stereocenters. The zero-order chi connectivity index (χ0) is 14.0. The number of nitrogens with zero attached hydrogens (tertiary/aromatic N) is 1. The molecular formula is C12H16BrFN2O2S. The fourth-order valence-electron chi connectivity index (χ4n) is 2.06. The number of piperidine rings is 1. The highest BCUT2D eigenvalue weighted by Crippen LogP contribution is 2.20. The molecular weight excluding hydrogens is 335 g/mol. The van der Waals surface area contributed by atoms with Gasteiger partial charge in [0.2, 0.25) is 10.0 Å². The molecule has 0 radical (unpaired) electrons.